The summed E-state index contributed by atoms with van der Waals surface area (Å²) in [5, 5.41) is 3.37. The number of hydrogen-bond donors (Lipinski definition) is 1. The van der Waals surface area contributed by atoms with Gasteiger partial charge in [-0.05, 0) is 38.4 Å². The van der Waals surface area contributed by atoms with Gasteiger partial charge in [0.2, 0.25) is 0 Å². The van der Waals surface area contributed by atoms with Gasteiger partial charge in [-0.25, -0.2) is 4.98 Å². The summed E-state index contributed by atoms with van der Waals surface area (Å²) in [4.78, 5) is 16.1. The molecule has 0 aliphatic heterocycles. The van der Waals surface area contributed by atoms with Crippen molar-refractivity contribution in [1.82, 2.24) is 14.9 Å². The van der Waals surface area contributed by atoms with Gasteiger partial charge in [0.15, 0.2) is 0 Å². The maximum Gasteiger partial charge on any atom is 0.269 e. The van der Waals surface area contributed by atoms with Crippen LogP contribution in [0.25, 0.3) is 11.0 Å². The number of para-hydroxylation sites is 2. The molecule has 1 aromatic carbocycles. The third kappa shape index (κ3) is 4.65. The number of ether oxygens (including phenoxy) is 1. The molecule has 0 amide bonds. The van der Waals surface area contributed by atoms with Crippen LogP contribution in [0.2, 0.25) is 0 Å². The lowest BCUT2D eigenvalue weighted by atomic mass is 10.3. The average Bonchev–Trinajstić information content (AvgIpc) is 2.51. The van der Waals surface area contributed by atoms with Crippen LogP contribution in [0, 0.1) is 0 Å². The third-order valence-electron chi connectivity index (χ3n) is 3.36. The molecule has 21 heavy (non-hydrogen) atoms. The van der Waals surface area contributed by atoms with Gasteiger partial charge in [-0.1, -0.05) is 12.1 Å². The van der Waals surface area contributed by atoms with E-state index in [1.807, 2.05) is 31.2 Å². The van der Waals surface area contributed by atoms with Crippen LogP contribution in [0.1, 0.15) is 19.8 Å². The van der Waals surface area contributed by atoms with Gasteiger partial charge in [0.1, 0.15) is 0 Å². The number of rotatable bonds is 9. The van der Waals surface area contributed by atoms with Crippen molar-refractivity contribution in [2.75, 3.05) is 26.3 Å². The Bertz CT molecular complexity index is 610. The molecule has 0 spiro atoms. The molecule has 2 rings (SSSR count). The maximum atomic E-state index is 11.9. The van der Waals surface area contributed by atoms with E-state index in [9.17, 15) is 4.79 Å². The highest BCUT2D eigenvalue weighted by molar-refractivity contribution is 5.74. The van der Waals surface area contributed by atoms with Crippen LogP contribution < -0.4 is 10.9 Å². The van der Waals surface area contributed by atoms with Crippen molar-refractivity contribution in [3.8, 4) is 0 Å². The van der Waals surface area contributed by atoms with E-state index in [4.69, 9.17) is 4.74 Å². The fraction of sp³-hybridized carbons (Fsp3) is 0.500. The topological polar surface area (TPSA) is 56.1 Å². The van der Waals surface area contributed by atoms with Crippen LogP contribution in [0.15, 0.2) is 35.3 Å². The monoisotopic (exact) mass is 289 g/mol. The van der Waals surface area contributed by atoms with E-state index in [1.165, 1.54) is 6.20 Å². The van der Waals surface area contributed by atoms with Crippen molar-refractivity contribution >= 4 is 11.0 Å². The van der Waals surface area contributed by atoms with Gasteiger partial charge in [-0.2, -0.15) is 0 Å². The minimum atomic E-state index is -0.0492. The maximum absolute atomic E-state index is 11.9. The van der Waals surface area contributed by atoms with Gasteiger partial charge in [-0.3, -0.25) is 4.79 Å². The fourth-order valence-electron chi connectivity index (χ4n) is 2.26. The highest BCUT2D eigenvalue weighted by atomic mass is 16.5. The predicted octanol–water partition coefficient (Wildman–Crippen LogP) is 1.80. The zero-order valence-electron chi connectivity index (χ0n) is 12.5. The SMILES string of the molecule is CCOCCCCNCCn1c(=O)cnc2ccccc21. The molecule has 1 N–H and O–H groups in total. The molecule has 5 heteroatoms. The van der Waals surface area contributed by atoms with Crippen LogP contribution >= 0.6 is 0 Å². The summed E-state index contributed by atoms with van der Waals surface area (Å²) in [6.07, 6.45) is 3.55. The molecule has 0 unspecified atom stereocenters. The highest BCUT2D eigenvalue weighted by Crippen LogP contribution is 2.07. The van der Waals surface area contributed by atoms with Crippen molar-refractivity contribution in [3.05, 3.63) is 40.8 Å². The number of nitrogens with one attached hydrogen (secondary N) is 1. The summed E-state index contributed by atoms with van der Waals surface area (Å²) >= 11 is 0. The zero-order valence-corrected chi connectivity index (χ0v) is 12.5. The molecule has 0 atom stereocenters. The number of aromatic nitrogens is 2. The molecule has 0 aliphatic rings. The first kappa shape index (κ1) is 15.7. The Balaban J connectivity index is 1.81. The molecule has 0 radical (unpaired) electrons. The van der Waals surface area contributed by atoms with Gasteiger partial charge in [-0.15, -0.1) is 0 Å². The van der Waals surface area contributed by atoms with Gasteiger partial charge in [0, 0.05) is 26.3 Å². The summed E-state index contributed by atoms with van der Waals surface area (Å²) in [5.41, 5.74) is 1.70. The van der Waals surface area contributed by atoms with Crippen LogP contribution in [0.3, 0.4) is 0 Å². The average molecular weight is 289 g/mol. The van der Waals surface area contributed by atoms with Crippen LogP contribution in [0.5, 0.6) is 0 Å². The molecule has 1 heterocycles. The van der Waals surface area contributed by atoms with Gasteiger partial charge >= 0.3 is 0 Å². The largest absolute Gasteiger partial charge is 0.382 e. The summed E-state index contributed by atoms with van der Waals surface area (Å²) < 4.78 is 7.07. The van der Waals surface area contributed by atoms with Crippen molar-refractivity contribution in [2.24, 2.45) is 0 Å². The summed E-state index contributed by atoms with van der Waals surface area (Å²) in [6, 6.07) is 7.72. The first-order chi connectivity index (χ1) is 10.3. The van der Waals surface area contributed by atoms with Crippen molar-refractivity contribution in [2.45, 2.75) is 26.3 Å². The predicted molar refractivity (Wildman–Crippen MR) is 84.6 cm³/mol. The molecular weight excluding hydrogens is 266 g/mol. The number of unbranched alkanes of at least 4 members (excludes halogenated alkanes) is 1. The second kappa shape index (κ2) is 8.54. The standard InChI is InChI=1S/C16H23N3O2/c1-2-21-12-6-5-9-17-10-11-19-15-8-4-3-7-14(15)18-13-16(19)20/h3-4,7-8,13,17H,2,5-6,9-12H2,1H3. The van der Waals surface area contributed by atoms with E-state index in [2.05, 4.69) is 10.3 Å². The van der Waals surface area contributed by atoms with E-state index in [-0.39, 0.29) is 5.56 Å². The molecule has 5 nitrogen and oxygen atoms in total. The normalized spacial score (nSPS) is 11.1. The van der Waals surface area contributed by atoms with Gasteiger partial charge in [0.05, 0.1) is 17.2 Å². The first-order valence-electron chi connectivity index (χ1n) is 7.56. The summed E-state index contributed by atoms with van der Waals surface area (Å²) in [6.45, 7) is 6.01. The van der Waals surface area contributed by atoms with Crippen LogP contribution in [0.4, 0.5) is 0 Å². The lowest BCUT2D eigenvalue weighted by Gasteiger charge is -2.10. The molecule has 1 aromatic heterocycles. The smallest absolute Gasteiger partial charge is 0.269 e. The lowest BCUT2D eigenvalue weighted by molar-refractivity contribution is 0.143. The second-order valence-corrected chi connectivity index (χ2v) is 4.89. The van der Waals surface area contributed by atoms with E-state index in [0.717, 1.165) is 50.2 Å². The Hall–Kier alpha value is -1.72. The molecular formula is C16H23N3O2. The van der Waals surface area contributed by atoms with Crippen LogP contribution in [-0.4, -0.2) is 35.9 Å². The van der Waals surface area contributed by atoms with Gasteiger partial charge < -0.3 is 14.6 Å². The second-order valence-electron chi connectivity index (χ2n) is 4.89. The fourth-order valence-corrected chi connectivity index (χ4v) is 2.26. The van der Waals surface area contributed by atoms with E-state index < -0.39 is 0 Å². The Kier molecular flexibility index (Phi) is 6.37. The Morgan fingerprint density at radius 2 is 2.10 bits per heavy atom. The zero-order chi connectivity index (χ0) is 14.9. The number of hydrogen-bond acceptors (Lipinski definition) is 4. The minimum absolute atomic E-state index is 0.0492. The highest BCUT2D eigenvalue weighted by Gasteiger charge is 2.02. The van der Waals surface area contributed by atoms with E-state index >= 15 is 0 Å². The van der Waals surface area contributed by atoms with Crippen molar-refractivity contribution in [3.63, 3.8) is 0 Å². The number of nitrogens with zero attached hydrogens (tertiary/aromatic N) is 2. The van der Waals surface area contributed by atoms with Crippen LogP contribution in [-0.2, 0) is 11.3 Å². The first-order valence-corrected chi connectivity index (χ1v) is 7.56. The summed E-state index contributed by atoms with van der Waals surface area (Å²) in [5.74, 6) is 0. The molecule has 0 bridgehead atoms. The summed E-state index contributed by atoms with van der Waals surface area (Å²) in [7, 11) is 0. The Morgan fingerprint density at radius 3 is 2.95 bits per heavy atom. The molecule has 2 aromatic rings. The quantitative estimate of drug-likeness (QED) is 0.715. The van der Waals surface area contributed by atoms with E-state index in [0.29, 0.717) is 6.54 Å². The van der Waals surface area contributed by atoms with E-state index in [1.54, 1.807) is 4.57 Å². The third-order valence-corrected chi connectivity index (χ3v) is 3.36. The number of benzene rings is 1. The molecule has 0 saturated heterocycles. The number of fused-ring (bicyclic) bond motifs is 1. The lowest BCUT2D eigenvalue weighted by Crippen LogP contribution is -2.28. The molecule has 114 valence electrons. The molecule has 0 aliphatic carbocycles. The minimum Gasteiger partial charge on any atom is -0.382 e. The Morgan fingerprint density at radius 1 is 1.24 bits per heavy atom. The van der Waals surface area contributed by atoms with Crippen molar-refractivity contribution < 1.29 is 4.74 Å². The van der Waals surface area contributed by atoms with Gasteiger partial charge in [0.25, 0.3) is 5.56 Å². The molecule has 0 fully saturated rings. The van der Waals surface area contributed by atoms with Crippen molar-refractivity contribution in [1.29, 1.82) is 0 Å². The molecule has 0 saturated carbocycles. The Labute approximate surface area is 125 Å².